The van der Waals surface area contributed by atoms with E-state index in [1.165, 1.54) is 0 Å². The van der Waals surface area contributed by atoms with E-state index in [0.717, 1.165) is 22.3 Å². The molecule has 0 fully saturated rings. The molecule has 0 atom stereocenters. The molecule has 0 spiro atoms. The SMILES string of the molecule is COc1cc(-c2cnc3c(c2)/C(=C\Cc2cccnc2)C(=O)N3)cc(OC)c1OC. The van der Waals surface area contributed by atoms with E-state index in [4.69, 9.17) is 14.2 Å². The Morgan fingerprint density at radius 3 is 2.40 bits per heavy atom. The lowest BCUT2D eigenvalue weighted by Crippen LogP contribution is -2.04. The monoisotopic (exact) mass is 403 g/mol. The fourth-order valence-corrected chi connectivity index (χ4v) is 3.41. The maximum absolute atomic E-state index is 12.5. The Hall–Kier alpha value is -3.87. The van der Waals surface area contributed by atoms with Crippen LogP contribution in [0.3, 0.4) is 0 Å². The highest BCUT2D eigenvalue weighted by atomic mass is 16.5. The van der Waals surface area contributed by atoms with Crippen LogP contribution in [0.4, 0.5) is 5.82 Å². The first-order valence-electron chi connectivity index (χ1n) is 9.35. The molecule has 2 aromatic heterocycles. The fraction of sp³-hybridized carbons (Fsp3) is 0.174. The minimum atomic E-state index is -0.163. The molecule has 7 nitrogen and oxygen atoms in total. The zero-order chi connectivity index (χ0) is 21.1. The molecule has 3 aromatic rings. The van der Waals surface area contributed by atoms with Crippen molar-refractivity contribution >= 4 is 17.3 Å². The van der Waals surface area contributed by atoms with Gasteiger partial charge in [0, 0.05) is 35.3 Å². The number of ether oxygens (including phenoxy) is 3. The van der Waals surface area contributed by atoms with Crippen LogP contribution >= 0.6 is 0 Å². The highest BCUT2D eigenvalue weighted by Gasteiger charge is 2.26. The number of nitrogens with zero attached hydrogens (tertiary/aromatic N) is 2. The Morgan fingerprint density at radius 1 is 1.00 bits per heavy atom. The van der Waals surface area contributed by atoms with Crippen molar-refractivity contribution in [3.63, 3.8) is 0 Å². The molecule has 1 amide bonds. The first-order chi connectivity index (χ1) is 14.6. The van der Waals surface area contributed by atoms with Crippen molar-refractivity contribution in [2.45, 2.75) is 6.42 Å². The zero-order valence-corrected chi connectivity index (χ0v) is 16.9. The van der Waals surface area contributed by atoms with E-state index in [2.05, 4.69) is 15.3 Å². The maximum atomic E-state index is 12.5. The first kappa shape index (κ1) is 19.4. The van der Waals surface area contributed by atoms with Crippen LogP contribution in [0, 0.1) is 0 Å². The van der Waals surface area contributed by atoms with Crippen LogP contribution in [-0.2, 0) is 11.2 Å². The lowest BCUT2D eigenvalue weighted by molar-refractivity contribution is -0.110. The minimum Gasteiger partial charge on any atom is -0.493 e. The number of rotatable bonds is 6. The number of amides is 1. The molecule has 1 aliphatic heterocycles. The number of anilines is 1. The van der Waals surface area contributed by atoms with Gasteiger partial charge in [0.2, 0.25) is 5.75 Å². The van der Waals surface area contributed by atoms with Gasteiger partial charge in [0.15, 0.2) is 11.5 Å². The van der Waals surface area contributed by atoms with E-state index in [9.17, 15) is 4.79 Å². The predicted molar refractivity (Wildman–Crippen MR) is 114 cm³/mol. The Bertz CT molecular complexity index is 1100. The summed E-state index contributed by atoms with van der Waals surface area (Å²) in [4.78, 5) is 21.1. The van der Waals surface area contributed by atoms with Gasteiger partial charge in [-0.1, -0.05) is 12.1 Å². The van der Waals surface area contributed by atoms with Crippen molar-refractivity contribution in [3.05, 3.63) is 66.1 Å². The number of allylic oxidation sites excluding steroid dienone is 1. The van der Waals surface area contributed by atoms with Crippen LogP contribution in [0.15, 0.2) is 55.0 Å². The number of benzene rings is 1. The van der Waals surface area contributed by atoms with Crippen LogP contribution in [0.2, 0.25) is 0 Å². The third-order valence-electron chi connectivity index (χ3n) is 4.92. The molecule has 0 saturated heterocycles. The van der Waals surface area contributed by atoms with E-state index >= 15 is 0 Å². The molecule has 0 unspecified atom stereocenters. The third-order valence-corrected chi connectivity index (χ3v) is 4.92. The summed E-state index contributed by atoms with van der Waals surface area (Å²) >= 11 is 0. The van der Waals surface area contributed by atoms with E-state index in [1.807, 2.05) is 36.4 Å². The van der Waals surface area contributed by atoms with Crippen molar-refractivity contribution < 1.29 is 19.0 Å². The maximum Gasteiger partial charge on any atom is 0.257 e. The normalized spacial score (nSPS) is 13.7. The summed E-state index contributed by atoms with van der Waals surface area (Å²) in [6, 6.07) is 9.50. The van der Waals surface area contributed by atoms with Gasteiger partial charge >= 0.3 is 0 Å². The summed E-state index contributed by atoms with van der Waals surface area (Å²) < 4.78 is 16.3. The Labute approximate surface area is 174 Å². The van der Waals surface area contributed by atoms with Crippen molar-refractivity contribution in [1.29, 1.82) is 0 Å². The second-order valence-corrected chi connectivity index (χ2v) is 6.67. The smallest absolute Gasteiger partial charge is 0.257 e. The van der Waals surface area contributed by atoms with Gasteiger partial charge in [-0.25, -0.2) is 4.98 Å². The van der Waals surface area contributed by atoms with Crippen molar-refractivity contribution in [2.75, 3.05) is 26.6 Å². The van der Waals surface area contributed by atoms with Gasteiger partial charge in [0.25, 0.3) is 5.91 Å². The molecule has 1 aliphatic rings. The Kier molecular flexibility index (Phi) is 5.34. The van der Waals surface area contributed by atoms with E-state index in [1.54, 1.807) is 39.9 Å². The molecule has 30 heavy (non-hydrogen) atoms. The Morgan fingerprint density at radius 2 is 1.77 bits per heavy atom. The van der Waals surface area contributed by atoms with Crippen molar-refractivity contribution in [3.8, 4) is 28.4 Å². The highest BCUT2D eigenvalue weighted by Crippen LogP contribution is 2.42. The summed E-state index contributed by atoms with van der Waals surface area (Å²) in [7, 11) is 4.71. The molecule has 152 valence electrons. The van der Waals surface area contributed by atoms with Crippen LogP contribution in [0.5, 0.6) is 17.2 Å². The van der Waals surface area contributed by atoms with E-state index in [0.29, 0.717) is 35.1 Å². The van der Waals surface area contributed by atoms with Gasteiger partial charge < -0.3 is 19.5 Å². The standard InChI is InChI=1S/C23H21N3O4/c1-28-19-10-15(11-20(29-2)21(19)30-3)16-9-18-17(23(27)26-22(18)25-13-16)7-6-14-5-4-8-24-12-14/h4-5,7-13H,6H2,1-3H3,(H,25,26,27)/b17-7+. The summed E-state index contributed by atoms with van der Waals surface area (Å²) in [5, 5.41) is 2.82. The highest BCUT2D eigenvalue weighted by molar-refractivity contribution is 6.31. The number of hydrogen-bond acceptors (Lipinski definition) is 6. The number of hydrogen-bond donors (Lipinski definition) is 1. The molecule has 1 N–H and O–H groups in total. The van der Waals surface area contributed by atoms with Gasteiger partial charge in [-0.05, 0) is 41.8 Å². The predicted octanol–water partition coefficient (Wildman–Crippen LogP) is 3.75. The summed E-state index contributed by atoms with van der Waals surface area (Å²) in [6.07, 6.45) is 7.73. The zero-order valence-electron chi connectivity index (χ0n) is 16.9. The van der Waals surface area contributed by atoms with E-state index < -0.39 is 0 Å². The van der Waals surface area contributed by atoms with Gasteiger partial charge in [-0.2, -0.15) is 0 Å². The van der Waals surface area contributed by atoms with Gasteiger partial charge in [0.05, 0.1) is 21.3 Å². The topological polar surface area (TPSA) is 82.6 Å². The Balaban J connectivity index is 1.74. The number of nitrogens with one attached hydrogen (secondary N) is 1. The average Bonchev–Trinajstić information content (AvgIpc) is 3.11. The molecular weight excluding hydrogens is 382 g/mol. The fourth-order valence-electron chi connectivity index (χ4n) is 3.41. The summed E-state index contributed by atoms with van der Waals surface area (Å²) in [5.41, 5.74) is 4.05. The number of carbonyl (C=O) groups excluding carboxylic acids is 1. The quantitative estimate of drug-likeness (QED) is 0.631. The second kappa shape index (κ2) is 8.24. The number of pyridine rings is 2. The van der Waals surface area contributed by atoms with Gasteiger partial charge in [-0.3, -0.25) is 9.78 Å². The molecule has 0 radical (unpaired) electrons. The molecular formula is C23H21N3O4. The second-order valence-electron chi connectivity index (χ2n) is 6.67. The number of carbonyl (C=O) groups is 1. The third kappa shape index (κ3) is 3.57. The largest absolute Gasteiger partial charge is 0.493 e. The minimum absolute atomic E-state index is 0.163. The van der Waals surface area contributed by atoms with Crippen LogP contribution in [0.1, 0.15) is 11.1 Å². The first-order valence-corrected chi connectivity index (χ1v) is 9.35. The summed E-state index contributed by atoms with van der Waals surface area (Å²) in [6.45, 7) is 0. The lowest BCUT2D eigenvalue weighted by Gasteiger charge is -2.14. The van der Waals surface area contributed by atoms with Crippen molar-refractivity contribution in [2.24, 2.45) is 0 Å². The number of aromatic nitrogens is 2. The molecule has 1 aromatic carbocycles. The number of methoxy groups -OCH3 is 3. The van der Waals surface area contributed by atoms with Crippen LogP contribution < -0.4 is 19.5 Å². The van der Waals surface area contributed by atoms with E-state index in [-0.39, 0.29) is 5.91 Å². The molecule has 4 rings (SSSR count). The van der Waals surface area contributed by atoms with Gasteiger partial charge in [0.1, 0.15) is 5.82 Å². The molecule has 0 aliphatic carbocycles. The van der Waals surface area contributed by atoms with Crippen LogP contribution in [-0.4, -0.2) is 37.2 Å². The number of fused-ring (bicyclic) bond motifs is 1. The molecule has 7 heteroatoms. The molecule has 0 bridgehead atoms. The molecule has 0 saturated carbocycles. The van der Waals surface area contributed by atoms with Crippen molar-refractivity contribution in [1.82, 2.24) is 9.97 Å². The van der Waals surface area contributed by atoms with Gasteiger partial charge in [-0.15, -0.1) is 0 Å². The average molecular weight is 403 g/mol. The summed E-state index contributed by atoms with van der Waals surface area (Å²) in [5.74, 6) is 2.01. The van der Waals surface area contributed by atoms with Crippen LogP contribution in [0.25, 0.3) is 16.7 Å². The molecule has 3 heterocycles. The lowest BCUT2D eigenvalue weighted by atomic mass is 10.0.